The number of unbranched alkanes of at least 4 members (excludes halogenated alkanes) is 1. The molecule has 3 nitrogen and oxygen atoms in total. The van der Waals surface area contributed by atoms with Gasteiger partial charge < -0.3 is 9.84 Å². The Morgan fingerprint density at radius 1 is 1.25 bits per heavy atom. The van der Waals surface area contributed by atoms with Gasteiger partial charge in [-0.25, -0.2) is 0 Å². The summed E-state index contributed by atoms with van der Waals surface area (Å²) in [6.07, 6.45) is 2.39. The first kappa shape index (κ1) is 17.0. The molecule has 0 aliphatic carbocycles. The summed E-state index contributed by atoms with van der Waals surface area (Å²) in [4.78, 5) is 11.0. The van der Waals surface area contributed by atoms with Crippen molar-refractivity contribution in [3.63, 3.8) is 0 Å². The Bertz CT molecular complexity index is 481. The predicted molar refractivity (Wildman–Crippen MR) is 84.4 cm³/mol. The Kier molecular flexibility index (Phi) is 6.06. The second-order valence-electron chi connectivity index (χ2n) is 5.86. The van der Waals surface area contributed by atoms with E-state index in [1.54, 1.807) is 13.8 Å². The SMILES string of the molecule is Cc1cc(OCCCCC(C)(C)C(=O)O)c(C)cc1Br. The van der Waals surface area contributed by atoms with Gasteiger partial charge in [-0.2, -0.15) is 0 Å². The molecule has 0 aliphatic heterocycles. The maximum atomic E-state index is 11.0. The molecular formula is C16H23BrO3. The molecular weight excluding hydrogens is 320 g/mol. The minimum Gasteiger partial charge on any atom is -0.493 e. The maximum Gasteiger partial charge on any atom is 0.309 e. The number of carboxylic acid groups (broad SMARTS) is 1. The third-order valence-electron chi connectivity index (χ3n) is 3.49. The van der Waals surface area contributed by atoms with Crippen LogP contribution in [0.4, 0.5) is 0 Å². The van der Waals surface area contributed by atoms with Crippen LogP contribution in [0.2, 0.25) is 0 Å². The summed E-state index contributed by atoms with van der Waals surface area (Å²) < 4.78 is 6.87. The highest BCUT2D eigenvalue weighted by Gasteiger charge is 2.25. The molecule has 0 saturated heterocycles. The van der Waals surface area contributed by atoms with E-state index in [9.17, 15) is 4.79 Å². The van der Waals surface area contributed by atoms with Crippen molar-refractivity contribution < 1.29 is 14.6 Å². The third kappa shape index (κ3) is 4.82. The monoisotopic (exact) mass is 342 g/mol. The van der Waals surface area contributed by atoms with Crippen LogP contribution in [0.15, 0.2) is 16.6 Å². The van der Waals surface area contributed by atoms with Crippen LogP contribution in [0.3, 0.4) is 0 Å². The Morgan fingerprint density at radius 2 is 1.90 bits per heavy atom. The van der Waals surface area contributed by atoms with Crippen LogP contribution in [0.25, 0.3) is 0 Å². The first-order valence-electron chi connectivity index (χ1n) is 6.87. The van der Waals surface area contributed by atoms with E-state index >= 15 is 0 Å². The van der Waals surface area contributed by atoms with Crippen LogP contribution < -0.4 is 4.74 Å². The molecule has 0 heterocycles. The van der Waals surface area contributed by atoms with E-state index in [2.05, 4.69) is 22.0 Å². The Morgan fingerprint density at radius 3 is 2.50 bits per heavy atom. The topological polar surface area (TPSA) is 46.5 Å². The lowest BCUT2D eigenvalue weighted by Gasteiger charge is -2.18. The average Bonchev–Trinajstić information content (AvgIpc) is 2.34. The van der Waals surface area contributed by atoms with Crippen molar-refractivity contribution in [1.82, 2.24) is 0 Å². The van der Waals surface area contributed by atoms with Crippen LogP contribution in [0, 0.1) is 19.3 Å². The van der Waals surface area contributed by atoms with E-state index in [4.69, 9.17) is 9.84 Å². The fourth-order valence-corrected chi connectivity index (χ4v) is 2.33. The van der Waals surface area contributed by atoms with Gasteiger partial charge in [-0.1, -0.05) is 15.9 Å². The molecule has 0 unspecified atom stereocenters. The van der Waals surface area contributed by atoms with Crippen molar-refractivity contribution >= 4 is 21.9 Å². The first-order chi connectivity index (χ1) is 9.24. The first-order valence-corrected chi connectivity index (χ1v) is 7.66. The lowest BCUT2D eigenvalue weighted by atomic mass is 9.87. The van der Waals surface area contributed by atoms with Gasteiger partial charge in [0.15, 0.2) is 0 Å². The van der Waals surface area contributed by atoms with E-state index in [0.717, 1.165) is 34.2 Å². The predicted octanol–water partition coefficient (Wildman–Crippen LogP) is 4.73. The van der Waals surface area contributed by atoms with Crippen molar-refractivity contribution in [2.75, 3.05) is 6.61 Å². The Labute approximate surface area is 129 Å². The zero-order chi connectivity index (χ0) is 15.3. The van der Waals surface area contributed by atoms with Crippen molar-refractivity contribution in [3.05, 3.63) is 27.7 Å². The van der Waals surface area contributed by atoms with Gasteiger partial charge in [-0.3, -0.25) is 4.79 Å². The summed E-state index contributed by atoms with van der Waals surface area (Å²) in [7, 11) is 0. The van der Waals surface area contributed by atoms with Gasteiger partial charge in [-0.15, -0.1) is 0 Å². The van der Waals surface area contributed by atoms with Crippen LogP contribution in [-0.4, -0.2) is 17.7 Å². The van der Waals surface area contributed by atoms with Gasteiger partial charge in [-0.05, 0) is 70.2 Å². The molecule has 1 rings (SSSR count). The quantitative estimate of drug-likeness (QED) is 0.729. The van der Waals surface area contributed by atoms with Gasteiger partial charge in [0.05, 0.1) is 12.0 Å². The average molecular weight is 343 g/mol. The van der Waals surface area contributed by atoms with Gasteiger partial charge in [0.2, 0.25) is 0 Å². The van der Waals surface area contributed by atoms with E-state index in [1.807, 2.05) is 19.9 Å². The smallest absolute Gasteiger partial charge is 0.309 e. The Balaban J connectivity index is 2.39. The number of carboxylic acids is 1. The lowest BCUT2D eigenvalue weighted by molar-refractivity contribution is -0.147. The third-order valence-corrected chi connectivity index (χ3v) is 4.34. The van der Waals surface area contributed by atoms with Crippen LogP contribution >= 0.6 is 15.9 Å². The van der Waals surface area contributed by atoms with Gasteiger partial charge in [0.1, 0.15) is 5.75 Å². The normalized spacial score (nSPS) is 11.4. The number of rotatable bonds is 7. The van der Waals surface area contributed by atoms with Gasteiger partial charge >= 0.3 is 5.97 Å². The zero-order valence-electron chi connectivity index (χ0n) is 12.6. The summed E-state index contributed by atoms with van der Waals surface area (Å²) in [5.74, 6) is 0.168. The number of aliphatic carboxylic acids is 1. The van der Waals surface area contributed by atoms with Crippen molar-refractivity contribution in [2.24, 2.45) is 5.41 Å². The minimum atomic E-state index is -0.738. The largest absolute Gasteiger partial charge is 0.493 e. The molecule has 0 bridgehead atoms. The standard InChI is InChI=1S/C16H23BrO3/c1-11-10-14(12(2)9-13(11)17)20-8-6-5-7-16(3,4)15(18)19/h9-10H,5-8H2,1-4H3,(H,18,19). The van der Waals surface area contributed by atoms with Crippen molar-refractivity contribution in [2.45, 2.75) is 47.0 Å². The fourth-order valence-electron chi connectivity index (χ4n) is 1.87. The fraction of sp³-hybridized carbons (Fsp3) is 0.562. The molecule has 20 heavy (non-hydrogen) atoms. The summed E-state index contributed by atoms with van der Waals surface area (Å²) in [6.45, 7) is 8.20. The summed E-state index contributed by atoms with van der Waals surface area (Å²) >= 11 is 3.50. The lowest BCUT2D eigenvalue weighted by Crippen LogP contribution is -2.23. The maximum absolute atomic E-state index is 11.0. The number of hydrogen-bond donors (Lipinski definition) is 1. The zero-order valence-corrected chi connectivity index (χ0v) is 14.2. The number of benzene rings is 1. The number of ether oxygens (including phenoxy) is 1. The highest BCUT2D eigenvalue weighted by atomic mass is 79.9. The molecule has 0 saturated carbocycles. The minimum absolute atomic E-state index is 0.623. The highest BCUT2D eigenvalue weighted by Crippen LogP contribution is 2.27. The molecule has 0 aliphatic rings. The molecule has 0 amide bonds. The molecule has 0 atom stereocenters. The summed E-state index contributed by atoms with van der Waals surface area (Å²) in [6, 6.07) is 4.08. The molecule has 112 valence electrons. The van der Waals surface area contributed by atoms with Crippen LogP contribution in [-0.2, 0) is 4.79 Å². The summed E-state index contributed by atoms with van der Waals surface area (Å²) in [5.41, 5.74) is 1.61. The van der Waals surface area contributed by atoms with Crippen molar-refractivity contribution in [3.8, 4) is 5.75 Å². The van der Waals surface area contributed by atoms with Crippen molar-refractivity contribution in [1.29, 1.82) is 0 Å². The highest BCUT2D eigenvalue weighted by molar-refractivity contribution is 9.10. The Hall–Kier alpha value is -1.03. The molecule has 0 radical (unpaired) electrons. The van der Waals surface area contributed by atoms with Crippen LogP contribution in [0.1, 0.15) is 44.2 Å². The van der Waals surface area contributed by atoms with E-state index in [-0.39, 0.29) is 0 Å². The van der Waals surface area contributed by atoms with Gasteiger partial charge in [0, 0.05) is 4.47 Å². The molecule has 1 aromatic carbocycles. The molecule has 0 spiro atoms. The number of aryl methyl sites for hydroxylation is 2. The second kappa shape index (κ2) is 7.11. The second-order valence-corrected chi connectivity index (χ2v) is 6.72. The molecule has 0 fully saturated rings. The van der Waals surface area contributed by atoms with E-state index in [0.29, 0.717) is 13.0 Å². The molecule has 0 aromatic heterocycles. The summed E-state index contributed by atoms with van der Waals surface area (Å²) in [5, 5.41) is 9.03. The molecule has 4 heteroatoms. The molecule has 1 aromatic rings. The van der Waals surface area contributed by atoms with E-state index < -0.39 is 11.4 Å². The number of hydrogen-bond acceptors (Lipinski definition) is 2. The molecule has 1 N–H and O–H groups in total. The van der Waals surface area contributed by atoms with Crippen LogP contribution in [0.5, 0.6) is 5.75 Å². The van der Waals surface area contributed by atoms with E-state index in [1.165, 1.54) is 0 Å². The van der Waals surface area contributed by atoms with Gasteiger partial charge in [0.25, 0.3) is 0 Å². The number of carbonyl (C=O) groups is 1. The number of halogens is 1.